The van der Waals surface area contributed by atoms with Gasteiger partial charge in [0.15, 0.2) is 5.65 Å². The van der Waals surface area contributed by atoms with Crippen molar-refractivity contribution >= 4 is 23.1 Å². The molecule has 0 amide bonds. The summed E-state index contributed by atoms with van der Waals surface area (Å²) in [7, 11) is 0. The first-order valence-corrected chi connectivity index (χ1v) is 4.42. The number of nitrogens with zero attached hydrogens (tertiary/aromatic N) is 3. The molecule has 0 radical (unpaired) electrons. The Morgan fingerprint density at radius 1 is 1.36 bits per heavy atom. The van der Waals surface area contributed by atoms with Gasteiger partial charge < -0.3 is 0 Å². The van der Waals surface area contributed by atoms with E-state index in [1.807, 2.05) is 22.5 Å². The Labute approximate surface area is 68.6 Å². The molecule has 2 aromatic rings. The van der Waals surface area contributed by atoms with E-state index in [4.69, 9.17) is 0 Å². The maximum absolute atomic E-state index is 4.19. The molecule has 0 bridgehead atoms. The highest BCUT2D eigenvalue weighted by molar-refractivity contribution is 7.97. The second-order valence-electron chi connectivity index (χ2n) is 2.09. The largest absolute Gasteiger partial charge is 0.274 e. The Balaban J connectivity index is 2.76. The fourth-order valence-corrected chi connectivity index (χ4v) is 1.48. The molecule has 2 aromatic heterocycles. The molecule has 2 heterocycles. The Morgan fingerprint density at radius 2 is 2.18 bits per heavy atom. The van der Waals surface area contributed by atoms with Crippen LogP contribution in [0.5, 0.6) is 0 Å². The van der Waals surface area contributed by atoms with E-state index in [-0.39, 0.29) is 0 Å². The topological polar surface area (TPSA) is 30.7 Å². The average molecular weight is 165 g/mol. The first-order valence-electron chi connectivity index (χ1n) is 3.24. The van der Waals surface area contributed by atoms with E-state index < -0.39 is 0 Å². The maximum Gasteiger partial charge on any atom is 0.168 e. The number of hydrogen-bond acceptors (Lipinski definition) is 3. The highest BCUT2D eigenvalue weighted by Crippen LogP contribution is 2.13. The lowest BCUT2D eigenvalue weighted by molar-refractivity contribution is 1.23. The van der Waals surface area contributed by atoms with E-state index in [9.17, 15) is 0 Å². The van der Waals surface area contributed by atoms with Crippen molar-refractivity contribution in [2.75, 3.05) is 6.26 Å². The van der Waals surface area contributed by atoms with Crippen LogP contribution in [0, 0.1) is 0 Å². The summed E-state index contributed by atoms with van der Waals surface area (Å²) in [5, 5.41) is 0. The predicted octanol–water partition coefficient (Wildman–Crippen LogP) is 1.56. The van der Waals surface area contributed by atoms with Gasteiger partial charge in [-0.1, -0.05) is 0 Å². The minimum absolute atomic E-state index is 0.931. The zero-order valence-corrected chi connectivity index (χ0v) is 6.88. The van der Waals surface area contributed by atoms with Gasteiger partial charge in [-0.25, -0.2) is 4.98 Å². The molecule has 0 atom stereocenters. The van der Waals surface area contributed by atoms with Gasteiger partial charge in [0.1, 0.15) is 5.52 Å². The smallest absolute Gasteiger partial charge is 0.168 e. The van der Waals surface area contributed by atoms with E-state index in [1.54, 1.807) is 24.3 Å². The summed E-state index contributed by atoms with van der Waals surface area (Å²) in [4.78, 5) is 8.34. The van der Waals surface area contributed by atoms with Gasteiger partial charge in [0, 0.05) is 24.8 Å². The molecule has 2 rings (SSSR count). The fourth-order valence-electron chi connectivity index (χ4n) is 0.985. The molecule has 0 aliphatic rings. The molecule has 0 aliphatic heterocycles. The number of hydrogen-bond donors (Lipinski definition) is 0. The highest BCUT2D eigenvalue weighted by atomic mass is 32.2. The number of rotatable bonds is 1. The van der Waals surface area contributed by atoms with Gasteiger partial charge in [-0.2, -0.15) is 0 Å². The lowest BCUT2D eigenvalue weighted by Crippen LogP contribution is -1.85. The number of fused-ring (bicyclic) bond motifs is 1. The molecule has 0 spiro atoms. The zero-order chi connectivity index (χ0) is 7.68. The molecule has 4 heteroatoms. The summed E-state index contributed by atoms with van der Waals surface area (Å²) in [6.45, 7) is 0. The third-order valence-corrected chi connectivity index (χ3v) is 2.17. The van der Waals surface area contributed by atoms with Crippen molar-refractivity contribution in [3.63, 3.8) is 0 Å². The molecule has 11 heavy (non-hydrogen) atoms. The van der Waals surface area contributed by atoms with Crippen LogP contribution in [0.3, 0.4) is 0 Å². The van der Waals surface area contributed by atoms with Crippen LogP contribution in [-0.2, 0) is 0 Å². The summed E-state index contributed by atoms with van der Waals surface area (Å²) in [5.74, 6) is 0. The normalized spacial score (nSPS) is 10.6. The summed E-state index contributed by atoms with van der Waals surface area (Å²) in [6.07, 6.45) is 7.38. The summed E-state index contributed by atoms with van der Waals surface area (Å²) in [6, 6.07) is 1.96. The second-order valence-corrected chi connectivity index (χ2v) is 2.85. The third kappa shape index (κ3) is 0.991. The van der Waals surface area contributed by atoms with E-state index in [1.165, 1.54) is 0 Å². The van der Waals surface area contributed by atoms with Gasteiger partial charge in [0.25, 0.3) is 0 Å². The molecule has 3 nitrogen and oxygen atoms in total. The van der Waals surface area contributed by atoms with Crippen LogP contribution < -0.4 is 0 Å². The van der Waals surface area contributed by atoms with Crippen molar-refractivity contribution in [3.05, 3.63) is 24.7 Å². The van der Waals surface area contributed by atoms with Gasteiger partial charge in [0.05, 0.1) is 0 Å². The molecule has 0 saturated heterocycles. The standard InChI is InChI=1S/C7H7N3S/c1-11-10-5-2-6-7(10)9-4-3-8-6/h2-5H,1H3. The quantitative estimate of drug-likeness (QED) is 0.642. The fraction of sp³-hybridized carbons (Fsp3) is 0.143. The minimum atomic E-state index is 0.931. The monoisotopic (exact) mass is 165 g/mol. The predicted molar refractivity (Wildman–Crippen MR) is 46.4 cm³/mol. The Morgan fingerprint density at radius 3 is 3.00 bits per heavy atom. The molecule has 0 saturated carbocycles. The Kier molecular flexibility index (Phi) is 1.54. The van der Waals surface area contributed by atoms with E-state index in [2.05, 4.69) is 9.97 Å². The van der Waals surface area contributed by atoms with Gasteiger partial charge in [0.2, 0.25) is 0 Å². The first-order chi connectivity index (χ1) is 5.42. The van der Waals surface area contributed by atoms with Crippen molar-refractivity contribution in [3.8, 4) is 0 Å². The van der Waals surface area contributed by atoms with E-state index in [0.29, 0.717) is 0 Å². The highest BCUT2D eigenvalue weighted by Gasteiger charge is 1.99. The molecular formula is C7H7N3S. The molecule has 0 unspecified atom stereocenters. The van der Waals surface area contributed by atoms with Gasteiger partial charge in [-0.05, 0) is 18.0 Å². The van der Waals surface area contributed by atoms with E-state index >= 15 is 0 Å². The molecule has 56 valence electrons. The van der Waals surface area contributed by atoms with Crippen LogP contribution in [0.25, 0.3) is 11.2 Å². The van der Waals surface area contributed by atoms with Crippen LogP contribution >= 0.6 is 11.9 Å². The Hall–Kier alpha value is -1.03. The van der Waals surface area contributed by atoms with Gasteiger partial charge >= 0.3 is 0 Å². The van der Waals surface area contributed by atoms with Crippen molar-refractivity contribution in [2.24, 2.45) is 0 Å². The van der Waals surface area contributed by atoms with Crippen molar-refractivity contribution in [1.29, 1.82) is 0 Å². The molecule has 0 aliphatic carbocycles. The molecule has 0 N–H and O–H groups in total. The van der Waals surface area contributed by atoms with Gasteiger partial charge in [-0.15, -0.1) is 0 Å². The van der Waals surface area contributed by atoms with Crippen LogP contribution in [0.15, 0.2) is 24.7 Å². The van der Waals surface area contributed by atoms with Crippen molar-refractivity contribution < 1.29 is 0 Å². The van der Waals surface area contributed by atoms with Crippen LogP contribution in [-0.4, -0.2) is 20.2 Å². The number of aromatic nitrogens is 3. The van der Waals surface area contributed by atoms with E-state index in [0.717, 1.165) is 11.2 Å². The summed E-state index contributed by atoms with van der Waals surface area (Å²) < 4.78 is 1.99. The first kappa shape index (κ1) is 6.67. The van der Waals surface area contributed by atoms with Crippen LogP contribution in [0.4, 0.5) is 0 Å². The van der Waals surface area contributed by atoms with Crippen LogP contribution in [0.1, 0.15) is 0 Å². The third-order valence-electron chi connectivity index (χ3n) is 1.48. The summed E-state index contributed by atoms with van der Waals surface area (Å²) >= 11 is 1.62. The zero-order valence-electron chi connectivity index (χ0n) is 6.06. The SMILES string of the molecule is CSn1ccc2nccnc21. The molecule has 0 aromatic carbocycles. The summed E-state index contributed by atoms with van der Waals surface area (Å²) in [5.41, 5.74) is 1.88. The van der Waals surface area contributed by atoms with Gasteiger partial charge in [-0.3, -0.25) is 8.96 Å². The maximum atomic E-state index is 4.19. The minimum Gasteiger partial charge on any atom is -0.274 e. The Bertz CT molecular complexity index is 368. The van der Waals surface area contributed by atoms with Crippen molar-refractivity contribution in [2.45, 2.75) is 0 Å². The molecule has 0 fully saturated rings. The molecular weight excluding hydrogens is 158 g/mol. The second kappa shape index (κ2) is 2.54. The lowest BCUT2D eigenvalue weighted by atomic mass is 10.5. The van der Waals surface area contributed by atoms with Crippen LogP contribution in [0.2, 0.25) is 0 Å². The lowest BCUT2D eigenvalue weighted by Gasteiger charge is -1.95. The average Bonchev–Trinajstić information content (AvgIpc) is 2.47. The van der Waals surface area contributed by atoms with Crippen molar-refractivity contribution in [1.82, 2.24) is 13.9 Å².